The zero-order chi connectivity index (χ0) is 14.4. The van der Waals surface area contributed by atoms with Crippen molar-refractivity contribution in [1.82, 2.24) is 0 Å². The smallest absolute Gasteiger partial charge is 0.125 e. The molecule has 0 aliphatic rings. The zero-order valence-corrected chi connectivity index (χ0v) is 13.3. The highest BCUT2D eigenvalue weighted by atomic mass is 35.5. The molecule has 1 rings (SSSR count). The fraction of sp³-hybridized carbons (Fsp3) is 0.529. The van der Waals surface area contributed by atoms with E-state index in [1.807, 2.05) is 19.9 Å². The van der Waals surface area contributed by atoms with Crippen LogP contribution in [0, 0.1) is 31.6 Å². The van der Waals surface area contributed by atoms with Crippen molar-refractivity contribution < 1.29 is 4.74 Å². The van der Waals surface area contributed by atoms with E-state index in [0.29, 0.717) is 12.5 Å². The Labute approximate surface area is 122 Å². The van der Waals surface area contributed by atoms with Gasteiger partial charge in [-0.15, -0.1) is 5.92 Å². The van der Waals surface area contributed by atoms with Crippen LogP contribution in [0.2, 0.25) is 5.02 Å². The fourth-order valence-electron chi connectivity index (χ4n) is 2.14. The van der Waals surface area contributed by atoms with Crippen LogP contribution < -0.4 is 4.74 Å². The summed E-state index contributed by atoms with van der Waals surface area (Å²) in [6, 6.07) is 1.98. The summed E-state index contributed by atoms with van der Waals surface area (Å²) in [4.78, 5) is 0. The van der Waals surface area contributed by atoms with Gasteiger partial charge in [0.2, 0.25) is 0 Å². The Kier molecular flexibility index (Phi) is 6.25. The summed E-state index contributed by atoms with van der Waals surface area (Å²) in [7, 11) is 0. The summed E-state index contributed by atoms with van der Waals surface area (Å²) < 4.78 is 5.80. The van der Waals surface area contributed by atoms with Gasteiger partial charge >= 0.3 is 0 Å². The number of hydrogen-bond acceptors (Lipinski definition) is 1. The third kappa shape index (κ3) is 4.18. The number of ether oxygens (including phenoxy) is 1. The molecule has 1 unspecified atom stereocenters. The van der Waals surface area contributed by atoms with Crippen molar-refractivity contribution in [3.63, 3.8) is 0 Å². The van der Waals surface area contributed by atoms with E-state index in [-0.39, 0.29) is 0 Å². The SMILES string of the molecule is CCC#CC(C)Cc1c(C)c(Cl)cc(C)c1OCC. The molecule has 0 aliphatic heterocycles. The second kappa shape index (κ2) is 7.46. The van der Waals surface area contributed by atoms with E-state index < -0.39 is 0 Å². The summed E-state index contributed by atoms with van der Waals surface area (Å²) in [5.74, 6) is 7.71. The normalized spacial score (nSPS) is 11.7. The second-order valence-electron chi connectivity index (χ2n) is 4.82. The molecule has 0 fully saturated rings. The highest BCUT2D eigenvalue weighted by Gasteiger charge is 2.15. The molecule has 0 saturated carbocycles. The predicted octanol–water partition coefficient (Wildman–Crippen LogP) is 4.95. The first-order chi connectivity index (χ1) is 9.01. The van der Waals surface area contributed by atoms with Gasteiger partial charge < -0.3 is 4.74 Å². The molecule has 0 saturated heterocycles. The minimum Gasteiger partial charge on any atom is -0.493 e. The lowest BCUT2D eigenvalue weighted by Gasteiger charge is -2.18. The highest BCUT2D eigenvalue weighted by Crippen LogP contribution is 2.33. The second-order valence-corrected chi connectivity index (χ2v) is 5.23. The molecule has 0 aliphatic carbocycles. The van der Waals surface area contributed by atoms with Crippen molar-refractivity contribution in [1.29, 1.82) is 0 Å². The summed E-state index contributed by atoms with van der Waals surface area (Å²) >= 11 is 6.29. The number of aryl methyl sites for hydroxylation is 1. The molecule has 104 valence electrons. The van der Waals surface area contributed by atoms with Gasteiger partial charge in [-0.2, -0.15) is 0 Å². The van der Waals surface area contributed by atoms with Gasteiger partial charge in [-0.05, 0) is 44.4 Å². The van der Waals surface area contributed by atoms with Crippen LogP contribution in [-0.4, -0.2) is 6.61 Å². The van der Waals surface area contributed by atoms with Gasteiger partial charge in [0.05, 0.1) is 6.61 Å². The van der Waals surface area contributed by atoms with Crippen LogP contribution in [0.1, 0.15) is 43.9 Å². The summed E-state index contributed by atoms with van der Waals surface area (Å²) in [6.07, 6.45) is 1.78. The van der Waals surface area contributed by atoms with Crippen molar-refractivity contribution >= 4 is 11.6 Å². The quantitative estimate of drug-likeness (QED) is 0.708. The molecule has 1 aromatic carbocycles. The Bertz CT molecular complexity index is 494. The number of halogens is 1. The first kappa shape index (κ1) is 15.9. The van der Waals surface area contributed by atoms with Crippen LogP contribution in [0.15, 0.2) is 6.07 Å². The van der Waals surface area contributed by atoms with Gasteiger partial charge in [0.15, 0.2) is 0 Å². The van der Waals surface area contributed by atoms with Gasteiger partial charge in [-0.3, -0.25) is 0 Å². The lowest BCUT2D eigenvalue weighted by Crippen LogP contribution is -2.06. The molecule has 1 aromatic rings. The molecule has 0 spiro atoms. The molecular weight excluding hydrogens is 256 g/mol. The average Bonchev–Trinajstić information content (AvgIpc) is 2.37. The van der Waals surface area contributed by atoms with E-state index >= 15 is 0 Å². The van der Waals surface area contributed by atoms with Gasteiger partial charge in [0.25, 0.3) is 0 Å². The third-order valence-electron chi connectivity index (χ3n) is 3.11. The third-order valence-corrected chi connectivity index (χ3v) is 3.50. The maximum atomic E-state index is 6.29. The Morgan fingerprint density at radius 1 is 1.32 bits per heavy atom. The van der Waals surface area contributed by atoms with Crippen LogP contribution in [0.25, 0.3) is 0 Å². The Balaban J connectivity index is 3.15. The van der Waals surface area contributed by atoms with Crippen molar-refractivity contribution in [3.8, 4) is 17.6 Å². The molecule has 2 heteroatoms. The summed E-state index contributed by atoms with van der Waals surface area (Å²) in [5, 5.41) is 0.812. The average molecular weight is 279 g/mol. The van der Waals surface area contributed by atoms with E-state index in [1.54, 1.807) is 0 Å². The molecule has 0 amide bonds. The minimum absolute atomic E-state index is 0.315. The molecule has 1 atom stereocenters. The molecule has 1 nitrogen and oxygen atoms in total. The lowest BCUT2D eigenvalue weighted by molar-refractivity contribution is 0.333. The maximum Gasteiger partial charge on any atom is 0.125 e. The van der Waals surface area contributed by atoms with Gasteiger partial charge in [0.1, 0.15) is 5.75 Å². The topological polar surface area (TPSA) is 9.23 Å². The molecule has 0 bridgehead atoms. The molecular formula is C17H23ClO. The molecule has 19 heavy (non-hydrogen) atoms. The van der Waals surface area contributed by atoms with E-state index in [2.05, 4.69) is 32.6 Å². The maximum absolute atomic E-state index is 6.29. The standard InChI is InChI=1S/C17H23ClO/c1-6-8-9-12(3)10-15-14(5)16(18)11-13(4)17(15)19-7-2/h11-12H,6-7,10H2,1-5H3. The predicted molar refractivity (Wildman–Crippen MR) is 83.0 cm³/mol. The monoisotopic (exact) mass is 278 g/mol. The van der Waals surface area contributed by atoms with Crippen LogP contribution in [-0.2, 0) is 6.42 Å². The van der Waals surface area contributed by atoms with Crippen LogP contribution in [0.5, 0.6) is 5.75 Å². The van der Waals surface area contributed by atoms with E-state index in [9.17, 15) is 0 Å². The van der Waals surface area contributed by atoms with Gasteiger partial charge in [0, 0.05) is 22.9 Å². The Hall–Kier alpha value is -1.13. The summed E-state index contributed by atoms with van der Waals surface area (Å²) in [6.45, 7) is 11.0. The number of hydrogen-bond donors (Lipinski definition) is 0. The fourth-order valence-corrected chi connectivity index (χ4v) is 2.42. The Morgan fingerprint density at radius 3 is 2.58 bits per heavy atom. The van der Waals surface area contributed by atoms with Crippen LogP contribution >= 0.6 is 11.6 Å². The first-order valence-corrected chi connectivity index (χ1v) is 7.28. The van der Waals surface area contributed by atoms with Crippen molar-refractivity contribution in [2.75, 3.05) is 6.61 Å². The summed E-state index contributed by atoms with van der Waals surface area (Å²) in [5.41, 5.74) is 3.41. The molecule has 0 N–H and O–H groups in total. The minimum atomic E-state index is 0.315. The first-order valence-electron chi connectivity index (χ1n) is 6.90. The Morgan fingerprint density at radius 2 is 2.00 bits per heavy atom. The van der Waals surface area contributed by atoms with Crippen LogP contribution in [0.4, 0.5) is 0 Å². The van der Waals surface area contributed by atoms with Gasteiger partial charge in [-0.25, -0.2) is 0 Å². The molecule has 0 aromatic heterocycles. The lowest BCUT2D eigenvalue weighted by atomic mass is 9.94. The molecule has 0 heterocycles. The largest absolute Gasteiger partial charge is 0.493 e. The highest BCUT2D eigenvalue weighted by molar-refractivity contribution is 6.31. The van der Waals surface area contributed by atoms with Crippen molar-refractivity contribution in [2.24, 2.45) is 5.92 Å². The zero-order valence-electron chi connectivity index (χ0n) is 12.6. The van der Waals surface area contributed by atoms with Crippen molar-refractivity contribution in [2.45, 2.75) is 47.5 Å². The molecule has 0 radical (unpaired) electrons. The van der Waals surface area contributed by atoms with Crippen molar-refractivity contribution in [3.05, 3.63) is 27.8 Å². The van der Waals surface area contributed by atoms with Gasteiger partial charge in [-0.1, -0.05) is 31.4 Å². The number of rotatable bonds is 4. The van der Waals surface area contributed by atoms with E-state index in [4.69, 9.17) is 16.3 Å². The number of benzene rings is 1. The van der Waals surface area contributed by atoms with E-state index in [0.717, 1.165) is 34.7 Å². The van der Waals surface area contributed by atoms with Crippen LogP contribution in [0.3, 0.4) is 0 Å². The van der Waals surface area contributed by atoms with E-state index in [1.165, 1.54) is 5.56 Å².